The van der Waals surface area contributed by atoms with Crippen LogP contribution in [0.3, 0.4) is 0 Å². The maximum Gasteiger partial charge on any atom is 0.217 e. The summed E-state index contributed by atoms with van der Waals surface area (Å²) in [5.74, 6) is -2.83. The Labute approximate surface area is 269 Å². The van der Waals surface area contributed by atoms with Crippen LogP contribution in [0.1, 0.15) is 57.6 Å². The van der Waals surface area contributed by atoms with Gasteiger partial charge >= 0.3 is 0 Å². The largest absolute Gasteiger partial charge is 0.497 e. The van der Waals surface area contributed by atoms with E-state index < -0.39 is 65.1 Å². The quantitative estimate of drug-likeness (QED) is 0.264. The van der Waals surface area contributed by atoms with Crippen LogP contribution in [0.4, 0.5) is 8.78 Å². The highest BCUT2D eigenvalue weighted by Gasteiger charge is 2.65. The predicted octanol–water partition coefficient (Wildman–Crippen LogP) is 7.12. The first kappa shape index (κ1) is 33.6. The average Bonchev–Trinajstić information content (AvgIpc) is 3.01. The summed E-state index contributed by atoms with van der Waals surface area (Å²) in [6, 6.07) is 14.1. The van der Waals surface area contributed by atoms with E-state index in [-0.39, 0.29) is 50.3 Å². The van der Waals surface area contributed by atoms with Gasteiger partial charge in [-0.15, -0.1) is 0 Å². The number of hydrogen-bond donors (Lipinski definition) is 0. The van der Waals surface area contributed by atoms with Gasteiger partial charge in [-0.3, -0.25) is 0 Å². The molecule has 2 heterocycles. The Balaban J connectivity index is 0.00000400. The highest BCUT2D eigenvalue weighted by atomic mass is 35.5. The van der Waals surface area contributed by atoms with Crippen molar-refractivity contribution in [3.8, 4) is 11.5 Å². The summed E-state index contributed by atoms with van der Waals surface area (Å²) in [4.78, 5) is -0.0644. The van der Waals surface area contributed by atoms with Gasteiger partial charge in [-0.1, -0.05) is 44.5 Å². The van der Waals surface area contributed by atoms with E-state index in [1.807, 2.05) is 19.1 Å². The van der Waals surface area contributed by atoms with E-state index >= 15 is 8.78 Å². The van der Waals surface area contributed by atoms with Crippen LogP contribution in [-0.4, -0.2) is 46.1 Å². The number of methoxy groups -OCH3 is 1. The molecular formula is C33H38ClF2NO6S2. The molecule has 12 heteroatoms. The molecule has 0 bridgehead atoms. The Morgan fingerprint density at radius 1 is 1.04 bits per heavy atom. The van der Waals surface area contributed by atoms with Crippen molar-refractivity contribution in [3.63, 3.8) is 0 Å². The second-order valence-electron chi connectivity index (χ2n) is 11.9. The summed E-state index contributed by atoms with van der Waals surface area (Å²) in [5, 5.41) is -0.430. The fourth-order valence-electron chi connectivity index (χ4n) is 7.67. The molecule has 1 saturated heterocycles. The normalized spacial score (nSPS) is 27.2. The van der Waals surface area contributed by atoms with Crippen LogP contribution in [0.25, 0.3) is 0 Å². The average molecular weight is 682 g/mol. The van der Waals surface area contributed by atoms with Crippen molar-refractivity contribution in [2.75, 3.05) is 13.7 Å². The Morgan fingerprint density at radius 2 is 1.71 bits per heavy atom. The molecule has 0 N–H and O–H groups in total. The smallest absolute Gasteiger partial charge is 0.217 e. The molecule has 1 saturated carbocycles. The number of hydrogen-bond acceptors (Lipinski definition) is 6. The lowest BCUT2D eigenvalue weighted by atomic mass is 9.63. The summed E-state index contributed by atoms with van der Waals surface area (Å²) < 4.78 is 99.6. The lowest BCUT2D eigenvalue weighted by Gasteiger charge is -2.57. The maximum atomic E-state index is 15.9. The molecule has 0 unspecified atom stereocenters. The van der Waals surface area contributed by atoms with Gasteiger partial charge in [0, 0.05) is 23.5 Å². The van der Waals surface area contributed by atoms with Gasteiger partial charge in [0.1, 0.15) is 16.3 Å². The van der Waals surface area contributed by atoms with Crippen LogP contribution in [0.15, 0.2) is 65.6 Å². The number of ether oxygens (including phenoxy) is 2. The fourth-order valence-corrected chi connectivity index (χ4v) is 12.5. The first-order chi connectivity index (χ1) is 20.9. The zero-order valence-electron chi connectivity index (χ0n) is 24.4. The molecule has 45 heavy (non-hydrogen) atoms. The molecule has 3 aromatic rings. The molecule has 3 aromatic carbocycles. The van der Waals surface area contributed by atoms with E-state index in [2.05, 4.69) is 0 Å². The van der Waals surface area contributed by atoms with Crippen molar-refractivity contribution in [2.24, 2.45) is 11.8 Å². The Kier molecular flexibility index (Phi) is 9.32. The van der Waals surface area contributed by atoms with Gasteiger partial charge < -0.3 is 9.47 Å². The number of sulfonamides is 1. The lowest BCUT2D eigenvalue weighted by molar-refractivity contribution is 0.0143. The van der Waals surface area contributed by atoms with Crippen LogP contribution in [0.2, 0.25) is 5.02 Å². The molecule has 5 atom stereocenters. The third kappa shape index (κ3) is 5.33. The third-order valence-electron chi connectivity index (χ3n) is 9.68. The zero-order chi connectivity index (χ0) is 31.4. The van der Waals surface area contributed by atoms with Crippen LogP contribution in [0.5, 0.6) is 11.5 Å². The summed E-state index contributed by atoms with van der Waals surface area (Å²) >= 11 is 6.08. The SMILES string of the molecule is C.CCC[C@@H]1C[C@@H]2[C@@H](CC[C@@]3(S(=O)(=O)c4ccc(Cl)cc4)c4c(F)ccc(F)c4OC[C@@H]23)N(Cc2ccc(OC)cc2)S1(=O)=O. The van der Waals surface area contributed by atoms with Crippen molar-refractivity contribution in [1.82, 2.24) is 4.31 Å². The molecule has 7 nitrogen and oxygen atoms in total. The molecule has 6 rings (SSSR count). The van der Waals surface area contributed by atoms with Gasteiger partial charge in [0.25, 0.3) is 0 Å². The van der Waals surface area contributed by atoms with Gasteiger partial charge in [-0.25, -0.2) is 25.6 Å². The molecule has 2 aliphatic heterocycles. The summed E-state index contributed by atoms with van der Waals surface area (Å²) in [7, 11) is -6.60. The van der Waals surface area contributed by atoms with Gasteiger partial charge in [0.05, 0.1) is 29.4 Å². The molecule has 1 aliphatic carbocycles. The number of benzene rings is 3. The number of halogens is 3. The highest BCUT2D eigenvalue weighted by Crippen LogP contribution is 2.61. The minimum atomic E-state index is -4.37. The molecular weight excluding hydrogens is 644 g/mol. The van der Waals surface area contributed by atoms with E-state index in [1.54, 1.807) is 19.2 Å². The molecule has 0 spiro atoms. The number of nitrogens with zero attached hydrogens (tertiary/aromatic N) is 1. The van der Waals surface area contributed by atoms with Gasteiger partial charge in [-0.05, 0) is 85.7 Å². The summed E-state index contributed by atoms with van der Waals surface area (Å²) in [5.41, 5.74) is 0.443. The van der Waals surface area contributed by atoms with E-state index in [4.69, 9.17) is 21.1 Å². The summed E-state index contributed by atoms with van der Waals surface area (Å²) in [6.07, 6.45) is 1.20. The van der Waals surface area contributed by atoms with Crippen molar-refractivity contribution >= 4 is 31.5 Å². The van der Waals surface area contributed by atoms with E-state index in [0.717, 1.165) is 17.7 Å². The fraction of sp³-hybridized carbons (Fsp3) is 0.455. The number of fused-ring (bicyclic) bond motifs is 5. The Morgan fingerprint density at radius 3 is 2.36 bits per heavy atom. The zero-order valence-corrected chi connectivity index (χ0v) is 26.8. The first-order valence-electron chi connectivity index (χ1n) is 14.7. The molecule has 3 aliphatic rings. The standard InChI is InChI=1S/C32H34ClF2NO6S2.CH4/c1-3-4-24-17-25-26-19-42-31-28(35)14-13-27(34)30(31)32(26,43(37,38)23-11-7-21(33)8-12-23)16-15-29(25)36(44(24,39)40)18-20-5-9-22(41-2)10-6-20;/h5-14,24-26,29H,3-4,15-19H2,1-2H3;1H4/t24-,25+,26+,29-,32+;/m1./s1. The topological polar surface area (TPSA) is 90.0 Å². The monoisotopic (exact) mass is 681 g/mol. The lowest BCUT2D eigenvalue weighted by Crippen LogP contribution is -2.64. The first-order valence-corrected chi connectivity index (χ1v) is 18.1. The van der Waals surface area contributed by atoms with Crippen LogP contribution in [0, 0.1) is 23.5 Å². The van der Waals surface area contributed by atoms with Crippen molar-refractivity contribution in [1.29, 1.82) is 0 Å². The third-order valence-corrected chi connectivity index (χ3v) is 14.8. The van der Waals surface area contributed by atoms with E-state index in [9.17, 15) is 16.8 Å². The number of sulfone groups is 1. The highest BCUT2D eigenvalue weighted by molar-refractivity contribution is 7.92. The number of rotatable bonds is 7. The van der Waals surface area contributed by atoms with Crippen LogP contribution >= 0.6 is 11.6 Å². The van der Waals surface area contributed by atoms with Gasteiger partial charge in [0.15, 0.2) is 21.4 Å². The molecule has 244 valence electrons. The second kappa shape index (κ2) is 12.5. The van der Waals surface area contributed by atoms with E-state index in [1.165, 1.54) is 28.6 Å². The molecule has 0 radical (unpaired) electrons. The molecule has 0 amide bonds. The van der Waals surface area contributed by atoms with Crippen molar-refractivity contribution < 1.29 is 35.1 Å². The Bertz CT molecular complexity index is 1770. The van der Waals surface area contributed by atoms with Crippen molar-refractivity contribution in [2.45, 2.75) is 73.9 Å². The minimum Gasteiger partial charge on any atom is -0.497 e. The van der Waals surface area contributed by atoms with Crippen LogP contribution < -0.4 is 9.47 Å². The van der Waals surface area contributed by atoms with Gasteiger partial charge in [0.2, 0.25) is 10.0 Å². The van der Waals surface area contributed by atoms with Crippen LogP contribution in [-0.2, 0) is 31.2 Å². The molecule has 0 aromatic heterocycles. The Hall–Kier alpha value is -2.73. The second-order valence-corrected chi connectivity index (χ2v) is 16.7. The molecule has 2 fully saturated rings. The maximum absolute atomic E-state index is 15.9. The van der Waals surface area contributed by atoms with Crippen molar-refractivity contribution in [3.05, 3.63) is 88.4 Å². The predicted molar refractivity (Wildman–Crippen MR) is 170 cm³/mol. The minimum absolute atomic E-state index is 0. The van der Waals surface area contributed by atoms with E-state index in [0.29, 0.717) is 23.6 Å². The van der Waals surface area contributed by atoms with Gasteiger partial charge in [-0.2, -0.15) is 4.31 Å². The summed E-state index contributed by atoms with van der Waals surface area (Å²) in [6.45, 7) is 1.80.